The Bertz CT molecular complexity index is 337. The molecule has 2 rings (SSSR count). The molecular formula is C17H29Cl2Zr-. The number of allylic oxidation sites excluding steroid dienone is 4. The van der Waals surface area contributed by atoms with Crippen molar-refractivity contribution < 1.29 is 26.2 Å². The topological polar surface area (TPSA) is 0 Å². The first-order valence-corrected chi connectivity index (χ1v) is 7.28. The molecule has 116 valence electrons. The van der Waals surface area contributed by atoms with Gasteiger partial charge in [-0.1, -0.05) is 47.0 Å². The van der Waals surface area contributed by atoms with Crippen molar-refractivity contribution in [2.24, 2.45) is 16.7 Å². The first-order chi connectivity index (χ1) is 8.01. The molecule has 20 heavy (non-hydrogen) atoms. The third kappa shape index (κ3) is 4.02. The van der Waals surface area contributed by atoms with Gasteiger partial charge in [0, 0.05) is 26.2 Å². The molecule has 1 saturated carbocycles. The minimum absolute atomic E-state index is 0. The standard InChI is InChI=1S/C17H27.2ClH.Zr/c1-14(2)16(3,4)17(12-8-5-9-13-17)15-10-6-7-11-15;;;/h6,10,14H,5,7-9,12-13H2,1-4H3;2*1H;/q-1;;;. The first-order valence-electron chi connectivity index (χ1n) is 7.28. The molecule has 0 nitrogen and oxygen atoms in total. The Hall–Kier alpha value is 0.943. The van der Waals surface area contributed by atoms with Crippen LogP contribution in [-0.2, 0) is 26.2 Å². The van der Waals surface area contributed by atoms with E-state index in [1.807, 2.05) is 0 Å². The van der Waals surface area contributed by atoms with Gasteiger partial charge in [-0.3, -0.25) is 6.08 Å². The molecule has 0 amide bonds. The van der Waals surface area contributed by atoms with Crippen LogP contribution in [0.1, 0.15) is 66.2 Å². The van der Waals surface area contributed by atoms with Gasteiger partial charge in [-0.2, -0.15) is 6.08 Å². The molecule has 0 atom stereocenters. The molecule has 3 heteroatoms. The van der Waals surface area contributed by atoms with Crippen molar-refractivity contribution in [1.82, 2.24) is 0 Å². The van der Waals surface area contributed by atoms with Crippen molar-refractivity contribution in [3.8, 4) is 0 Å². The van der Waals surface area contributed by atoms with Crippen LogP contribution in [0.25, 0.3) is 0 Å². The maximum Gasteiger partial charge on any atom is 0 e. The van der Waals surface area contributed by atoms with E-state index < -0.39 is 0 Å². The van der Waals surface area contributed by atoms with Crippen molar-refractivity contribution in [3.05, 3.63) is 23.8 Å². The Morgan fingerprint density at radius 3 is 2.05 bits per heavy atom. The van der Waals surface area contributed by atoms with E-state index in [0.29, 0.717) is 10.8 Å². The Morgan fingerprint density at radius 1 is 1.10 bits per heavy atom. The maximum absolute atomic E-state index is 3.63. The van der Waals surface area contributed by atoms with Crippen LogP contribution in [0.3, 0.4) is 0 Å². The van der Waals surface area contributed by atoms with Crippen LogP contribution < -0.4 is 0 Å². The summed E-state index contributed by atoms with van der Waals surface area (Å²) in [6.45, 7) is 9.72. The third-order valence-corrected chi connectivity index (χ3v) is 5.59. The van der Waals surface area contributed by atoms with E-state index in [4.69, 9.17) is 0 Å². The molecule has 0 unspecified atom stereocenters. The quantitative estimate of drug-likeness (QED) is 0.503. The zero-order chi connectivity index (χ0) is 12.5. The minimum Gasteiger partial charge on any atom is -0.269 e. The van der Waals surface area contributed by atoms with Crippen molar-refractivity contribution in [2.45, 2.75) is 66.2 Å². The fourth-order valence-electron chi connectivity index (χ4n) is 3.70. The van der Waals surface area contributed by atoms with E-state index in [2.05, 4.69) is 45.9 Å². The molecule has 0 aromatic heterocycles. The van der Waals surface area contributed by atoms with Crippen molar-refractivity contribution in [2.75, 3.05) is 0 Å². The monoisotopic (exact) mass is 393 g/mol. The number of hydrogen-bond acceptors (Lipinski definition) is 0. The number of hydrogen-bond donors (Lipinski definition) is 0. The molecule has 2 aliphatic rings. The second-order valence-electron chi connectivity index (χ2n) is 6.72. The molecule has 1 fully saturated rings. The van der Waals surface area contributed by atoms with Crippen LogP contribution in [-0.4, -0.2) is 0 Å². The molecule has 0 radical (unpaired) electrons. The van der Waals surface area contributed by atoms with Crippen LogP contribution in [0.5, 0.6) is 0 Å². The van der Waals surface area contributed by atoms with Gasteiger partial charge in [0.2, 0.25) is 0 Å². The third-order valence-electron chi connectivity index (χ3n) is 5.59. The van der Waals surface area contributed by atoms with Gasteiger partial charge in [0.15, 0.2) is 0 Å². The Morgan fingerprint density at radius 2 is 1.65 bits per heavy atom. The summed E-state index contributed by atoms with van der Waals surface area (Å²) in [4.78, 5) is 0. The smallest absolute Gasteiger partial charge is 0 e. The average Bonchev–Trinajstić information content (AvgIpc) is 2.83. The van der Waals surface area contributed by atoms with Crippen LogP contribution in [0, 0.1) is 22.8 Å². The Labute approximate surface area is 157 Å². The summed E-state index contributed by atoms with van der Waals surface area (Å²) in [6.07, 6.45) is 16.3. The van der Waals surface area contributed by atoms with E-state index in [1.54, 1.807) is 0 Å². The molecule has 0 aromatic carbocycles. The van der Waals surface area contributed by atoms with Crippen LogP contribution >= 0.6 is 24.8 Å². The van der Waals surface area contributed by atoms with Gasteiger partial charge in [0.05, 0.1) is 0 Å². The second-order valence-corrected chi connectivity index (χ2v) is 6.72. The maximum atomic E-state index is 3.63. The van der Waals surface area contributed by atoms with Crippen LogP contribution in [0.2, 0.25) is 0 Å². The summed E-state index contributed by atoms with van der Waals surface area (Å²) in [5, 5.41) is 0. The van der Waals surface area contributed by atoms with Crippen molar-refractivity contribution in [3.63, 3.8) is 0 Å². The van der Waals surface area contributed by atoms with E-state index in [-0.39, 0.29) is 51.0 Å². The van der Waals surface area contributed by atoms with Crippen molar-refractivity contribution >= 4 is 24.8 Å². The second kappa shape index (κ2) is 9.17. The molecular weight excluding hydrogens is 366 g/mol. The van der Waals surface area contributed by atoms with E-state index >= 15 is 0 Å². The molecule has 0 N–H and O–H groups in total. The predicted octanol–water partition coefficient (Wildman–Crippen LogP) is 6.15. The summed E-state index contributed by atoms with van der Waals surface area (Å²) >= 11 is 0. The predicted molar refractivity (Wildman–Crippen MR) is 89.1 cm³/mol. The van der Waals surface area contributed by atoms with E-state index in [0.717, 1.165) is 12.3 Å². The fraction of sp³-hybridized carbons (Fsp3) is 0.765. The van der Waals surface area contributed by atoms with Gasteiger partial charge in [-0.05, 0) is 29.6 Å². The largest absolute Gasteiger partial charge is 0.269 e. The molecule has 0 spiro atoms. The van der Waals surface area contributed by atoms with Gasteiger partial charge in [0.1, 0.15) is 0 Å². The van der Waals surface area contributed by atoms with Gasteiger partial charge >= 0.3 is 0 Å². The molecule has 0 aromatic rings. The molecule has 0 heterocycles. The Kier molecular flexibility index (Phi) is 10.6. The van der Waals surface area contributed by atoms with Crippen molar-refractivity contribution in [1.29, 1.82) is 0 Å². The van der Waals surface area contributed by atoms with E-state index in [9.17, 15) is 0 Å². The fourth-order valence-corrected chi connectivity index (χ4v) is 3.70. The zero-order valence-electron chi connectivity index (χ0n) is 13.3. The minimum atomic E-state index is 0. The molecule has 0 aliphatic heterocycles. The summed E-state index contributed by atoms with van der Waals surface area (Å²) in [5.41, 5.74) is 2.30. The number of rotatable bonds is 3. The summed E-state index contributed by atoms with van der Waals surface area (Å²) in [5.74, 6) is 0.726. The summed E-state index contributed by atoms with van der Waals surface area (Å²) in [6, 6.07) is 0. The summed E-state index contributed by atoms with van der Waals surface area (Å²) < 4.78 is 0. The van der Waals surface area contributed by atoms with Gasteiger partial charge < -0.3 is 0 Å². The number of halogens is 2. The summed E-state index contributed by atoms with van der Waals surface area (Å²) in [7, 11) is 0. The molecule has 2 aliphatic carbocycles. The molecule has 0 bridgehead atoms. The van der Waals surface area contributed by atoms with Gasteiger partial charge in [-0.15, -0.1) is 31.2 Å². The van der Waals surface area contributed by atoms with Crippen LogP contribution in [0.4, 0.5) is 0 Å². The SMILES string of the molecule is CC(C)C(C)(C)C1(C2=[C-]CC=C2)CCCCC1.Cl.Cl.[Zr]. The van der Waals surface area contributed by atoms with E-state index in [1.165, 1.54) is 37.7 Å². The van der Waals surface area contributed by atoms with Gasteiger partial charge in [-0.25, -0.2) is 11.6 Å². The average molecular weight is 396 g/mol. The van der Waals surface area contributed by atoms with Crippen LogP contribution in [0.15, 0.2) is 17.7 Å². The normalized spacial score (nSPS) is 20.6. The zero-order valence-corrected chi connectivity index (χ0v) is 17.4. The van der Waals surface area contributed by atoms with Gasteiger partial charge in [0.25, 0.3) is 0 Å². The molecule has 0 saturated heterocycles. The first kappa shape index (κ1) is 23.2. The Balaban J connectivity index is 0.